The largest absolute Gasteiger partial charge is 0.376 e. The van der Waals surface area contributed by atoms with Crippen LogP contribution in [0.5, 0.6) is 0 Å². The van der Waals surface area contributed by atoms with Gasteiger partial charge in [0.05, 0.1) is 22.1 Å². The van der Waals surface area contributed by atoms with E-state index in [1.54, 1.807) is 7.11 Å². The molecule has 0 amide bonds. The maximum atomic E-state index is 12.8. The minimum absolute atomic E-state index is 0.128. The van der Waals surface area contributed by atoms with Crippen LogP contribution >= 0.6 is 0 Å². The molecule has 0 bridgehead atoms. The lowest BCUT2D eigenvalue weighted by Gasteiger charge is -2.48. The van der Waals surface area contributed by atoms with E-state index in [-0.39, 0.29) is 17.3 Å². The Bertz CT molecular complexity index is 2170. The van der Waals surface area contributed by atoms with Gasteiger partial charge in [0.25, 0.3) is 0 Å². The third-order valence-corrected chi connectivity index (χ3v) is 11.4. The van der Waals surface area contributed by atoms with Gasteiger partial charge < -0.3 is 9.84 Å². The van der Waals surface area contributed by atoms with Crippen molar-refractivity contribution in [2.75, 3.05) is 7.11 Å². The van der Waals surface area contributed by atoms with Crippen molar-refractivity contribution in [2.24, 2.45) is 5.92 Å². The molecule has 5 aromatic rings. The fraction of sp³-hybridized carbons (Fsp3) is 0.300. The molecule has 5 atom stereocenters. The number of rotatable bonds is 1. The van der Waals surface area contributed by atoms with Crippen molar-refractivity contribution in [3.63, 3.8) is 0 Å². The van der Waals surface area contributed by atoms with Crippen molar-refractivity contribution in [1.82, 2.24) is 4.98 Å². The molecule has 1 N–H and O–H groups in total. The van der Waals surface area contributed by atoms with Crippen LogP contribution in [0.2, 0.25) is 0 Å². The van der Waals surface area contributed by atoms with E-state index in [4.69, 9.17) is 9.72 Å². The topological polar surface area (TPSA) is 46.2 Å². The number of pyridine rings is 2. The summed E-state index contributed by atoms with van der Waals surface area (Å²) in [6, 6.07) is 24.4. The predicted molar refractivity (Wildman–Crippen MR) is 175 cm³/mol. The molecule has 4 nitrogen and oxygen atoms in total. The first-order chi connectivity index (χ1) is 21.0. The fourth-order valence-electron chi connectivity index (χ4n) is 9.12. The van der Waals surface area contributed by atoms with Gasteiger partial charge in [0.1, 0.15) is 0 Å². The zero-order valence-electron chi connectivity index (χ0n) is 26.1. The maximum Gasteiger partial charge on any atom is 0.302 e. The molecule has 1 spiro atoms. The first kappa shape index (κ1) is 26.3. The van der Waals surface area contributed by atoms with Crippen LogP contribution in [0.3, 0.4) is 0 Å². The monoisotopic (exact) mass is 577 g/mol. The van der Waals surface area contributed by atoms with Crippen molar-refractivity contribution in [3.8, 4) is 11.3 Å². The smallest absolute Gasteiger partial charge is 0.302 e. The van der Waals surface area contributed by atoms with Crippen LogP contribution in [0.15, 0.2) is 97.2 Å². The van der Waals surface area contributed by atoms with Gasteiger partial charge in [0.2, 0.25) is 5.69 Å². The van der Waals surface area contributed by atoms with Gasteiger partial charge in [-0.3, -0.25) is 4.98 Å². The average Bonchev–Trinajstić information content (AvgIpc) is 3.31. The quantitative estimate of drug-likeness (QED) is 0.208. The van der Waals surface area contributed by atoms with Crippen LogP contribution in [-0.4, -0.2) is 17.2 Å². The average molecular weight is 578 g/mol. The molecule has 218 valence electrons. The summed E-state index contributed by atoms with van der Waals surface area (Å²) in [6.45, 7) is 10.7. The third-order valence-electron chi connectivity index (χ3n) is 11.4. The number of benzene rings is 3. The molecule has 0 fully saturated rings. The Morgan fingerprint density at radius 1 is 0.886 bits per heavy atom. The predicted octanol–water partition coefficient (Wildman–Crippen LogP) is 7.67. The van der Waals surface area contributed by atoms with E-state index in [9.17, 15) is 5.11 Å². The first-order valence-corrected chi connectivity index (χ1v) is 15.7. The lowest BCUT2D eigenvalue weighted by Crippen LogP contribution is -2.69. The lowest BCUT2D eigenvalue weighted by atomic mass is 9.57. The number of nitrogens with zero attached hydrogens (tertiary/aromatic N) is 2. The molecule has 2 aromatic heterocycles. The molecule has 4 heteroatoms. The summed E-state index contributed by atoms with van der Waals surface area (Å²) in [5, 5.41) is 17.3. The summed E-state index contributed by atoms with van der Waals surface area (Å²) in [7, 11) is 1.71. The van der Waals surface area contributed by atoms with Gasteiger partial charge in [0, 0.05) is 48.6 Å². The summed E-state index contributed by atoms with van der Waals surface area (Å²) in [4.78, 5) is 5.74. The molecule has 4 unspecified atom stereocenters. The second-order valence-corrected chi connectivity index (χ2v) is 14.5. The van der Waals surface area contributed by atoms with Gasteiger partial charge >= 0.3 is 5.72 Å². The second-order valence-electron chi connectivity index (χ2n) is 14.5. The van der Waals surface area contributed by atoms with E-state index in [2.05, 4.69) is 123 Å². The highest BCUT2D eigenvalue weighted by Gasteiger charge is 2.65. The van der Waals surface area contributed by atoms with Crippen LogP contribution in [0.25, 0.3) is 32.8 Å². The molecule has 9 rings (SSSR count). The van der Waals surface area contributed by atoms with E-state index in [0.717, 1.165) is 44.4 Å². The Balaban J connectivity index is 1.61. The number of fused-ring (bicyclic) bond motifs is 9. The van der Waals surface area contributed by atoms with Crippen LogP contribution in [0.1, 0.15) is 74.2 Å². The normalized spacial score (nSPS) is 29.0. The molecule has 3 heterocycles. The van der Waals surface area contributed by atoms with Gasteiger partial charge in [-0.2, -0.15) is 4.57 Å². The number of ether oxygens (including phenoxy) is 1. The molecule has 0 radical (unpaired) electrons. The third kappa shape index (κ3) is 2.79. The molecular formula is C40H37N2O2+. The van der Waals surface area contributed by atoms with Crippen LogP contribution < -0.4 is 4.57 Å². The van der Waals surface area contributed by atoms with E-state index in [0.29, 0.717) is 0 Å². The zero-order valence-corrected chi connectivity index (χ0v) is 26.1. The Kier molecular flexibility index (Phi) is 4.85. The Morgan fingerprint density at radius 2 is 1.64 bits per heavy atom. The molecule has 0 saturated heterocycles. The number of hydrogen-bond donors (Lipinski definition) is 1. The Morgan fingerprint density at radius 3 is 2.43 bits per heavy atom. The highest BCUT2D eigenvalue weighted by molar-refractivity contribution is 6.06. The van der Waals surface area contributed by atoms with Crippen LogP contribution in [-0.2, 0) is 26.9 Å². The van der Waals surface area contributed by atoms with E-state index < -0.39 is 16.7 Å². The maximum absolute atomic E-state index is 12.8. The van der Waals surface area contributed by atoms with Crippen molar-refractivity contribution >= 4 is 21.5 Å². The highest BCUT2D eigenvalue weighted by atomic mass is 16.5. The van der Waals surface area contributed by atoms with Gasteiger partial charge in [0.15, 0.2) is 11.8 Å². The minimum atomic E-state index is -1.34. The summed E-state index contributed by atoms with van der Waals surface area (Å²) < 4.78 is 8.52. The summed E-state index contributed by atoms with van der Waals surface area (Å²) in [5.41, 5.74) is 6.11. The van der Waals surface area contributed by atoms with Crippen LogP contribution in [0.4, 0.5) is 0 Å². The van der Waals surface area contributed by atoms with Gasteiger partial charge in [-0.1, -0.05) is 93.6 Å². The number of aromatic nitrogens is 2. The SMILES string of the molecule is CO[C@@]1(C)[n+]2ccc3cc(C(C)(C)C)nc4c3c2-c2c(cc3ccccc3c2C1(C)O)C41c2ccccc2C2C=CC=CC21. The number of methoxy groups -OCH3 is 1. The van der Waals surface area contributed by atoms with Crippen molar-refractivity contribution in [1.29, 1.82) is 0 Å². The molecule has 4 aliphatic rings. The Hall–Kier alpha value is -4.12. The lowest BCUT2D eigenvalue weighted by molar-refractivity contribution is -0.816. The second kappa shape index (κ2) is 8.12. The molecule has 3 aliphatic carbocycles. The van der Waals surface area contributed by atoms with Crippen LogP contribution in [0, 0.1) is 5.92 Å². The number of hydrogen-bond acceptors (Lipinski definition) is 3. The van der Waals surface area contributed by atoms with E-state index in [1.807, 2.05) is 13.8 Å². The molecule has 1 aliphatic heterocycles. The summed E-state index contributed by atoms with van der Waals surface area (Å²) in [6.07, 6.45) is 11.3. The zero-order chi connectivity index (χ0) is 30.4. The summed E-state index contributed by atoms with van der Waals surface area (Å²) >= 11 is 0. The van der Waals surface area contributed by atoms with Crippen molar-refractivity contribution < 1.29 is 14.4 Å². The standard InChI is InChI=1S/C40H37N2O2/c1-37(2,3)31-22-24-19-20-42-35-32(24)36(41-31)40(28-17-11-9-15-26(28)27-16-10-12-18-29(27)40)30-21-23-13-7-8-14-25(23)34(33(30)35)38(4,43)39(42,5)44-6/h7-22,26,28,43H,1-6H3/q+1/t26?,28?,38?,39-,40?/m1/s1. The molecule has 44 heavy (non-hydrogen) atoms. The van der Waals surface area contributed by atoms with Crippen molar-refractivity contribution in [2.45, 2.75) is 62.7 Å². The number of aliphatic hydroxyl groups is 1. The fourth-order valence-corrected chi connectivity index (χ4v) is 9.12. The van der Waals surface area contributed by atoms with E-state index in [1.165, 1.54) is 22.1 Å². The minimum Gasteiger partial charge on any atom is -0.376 e. The molecule has 0 saturated carbocycles. The highest BCUT2D eigenvalue weighted by Crippen LogP contribution is 2.66. The molecule has 3 aromatic carbocycles. The molecular weight excluding hydrogens is 540 g/mol. The van der Waals surface area contributed by atoms with Gasteiger partial charge in [-0.05, 0) is 51.9 Å². The summed E-state index contributed by atoms with van der Waals surface area (Å²) in [5.74, 6) is 0.350. The van der Waals surface area contributed by atoms with Gasteiger partial charge in [-0.25, -0.2) is 0 Å². The van der Waals surface area contributed by atoms with E-state index >= 15 is 0 Å². The Labute approximate surface area is 258 Å². The van der Waals surface area contributed by atoms with Crippen molar-refractivity contribution in [3.05, 3.63) is 131 Å². The number of allylic oxidation sites excluding steroid dienone is 4. The first-order valence-electron chi connectivity index (χ1n) is 15.7. The van der Waals surface area contributed by atoms with Gasteiger partial charge in [-0.15, -0.1) is 0 Å².